The van der Waals surface area contributed by atoms with Gasteiger partial charge >= 0.3 is 0 Å². The summed E-state index contributed by atoms with van der Waals surface area (Å²) in [6, 6.07) is 11.0. The van der Waals surface area contributed by atoms with Crippen LogP contribution in [0.3, 0.4) is 0 Å². The summed E-state index contributed by atoms with van der Waals surface area (Å²) in [5.74, 6) is 0. The molecule has 1 N–H and O–H groups in total. The van der Waals surface area contributed by atoms with Gasteiger partial charge in [0.05, 0.1) is 0 Å². The number of benzene rings is 1. The zero-order chi connectivity index (χ0) is 9.10. The molecule has 0 aliphatic heterocycles. The highest BCUT2D eigenvalue weighted by Crippen LogP contribution is 2.27. The summed E-state index contributed by atoms with van der Waals surface area (Å²) < 4.78 is 0. The minimum atomic E-state index is 0.425. The average molecular weight is 173 g/mol. The van der Waals surface area contributed by atoms with E-state index in [-0.39, 0.29) is 0 Å². The van der Waals surface area contributed by atoms with Crippen molar-refractivity contribution in [2.24, 2.45) is 0 Å². The summed E-state index contributed by atoms with van der Waals surface area (Å²) >= 11 is 0. The summed E-state index contributed by atoms with van der Waals surface area (Å²) in [6.07, 6.45) is 4.74. The minimum Gasteiger partial charge on any atom is -0.384 e. The first-order chi connectivity index (χ1) is 6.36. The van der Waals surface area contributed by atoms with Crippen LogP contribution in [0, 0.1) is 0 Å². The maximum Gasteiger partial charge on any atom is 0.0480 e. The number of hydrogen-bond acceptors (Lipinski definition) is 1. The van der Waals surface area contributed by atoms with Gasteiger partial charge in [-0.1, -0.05) is 35.9 Å². The standard InChI is InChI=1S/C12H15N/c1-10(13-9-11-7-8-11)12-5-3-2-4-6-12/h2-6,9-10,13H,7-8H2,1H3/t10-/m0/s1. The van der Waals surface area contributed by atoms with Gasteiger partial charge in [0.1, 0.15) is 0 Å². The van der Waals surface area contributed by atoms with Crippen LogP contribution in [0.4, 0.5) is 0 Å². The molecule has 1 saturated carbocycles. The van der Waals surface area contributed by atoms with Crippen LogP contribution in [0.5, 0.6) is 0 Å². The summed E-state index contributed by atoms with van der Waals surface area (Å²) in [4.78, 5) is 0. The molecular formula is C12H15N. The van der Waals surface area contributed by atoms with Crippen molar-refractivity contribution in [2.75, 3.05) is 0 Å². The fraction of sp³-hybridized carbons (Fsp3) is 0.333. The number of rotatable bonds is 3. The summed E-state index contributed by atoms with van der Waals surface area (Å²) in [5, 5.41) is 3.40. The maximum atomic E-state index is 3.40. The van der Waals surface area contributed by atoms with Crippen molar-refractivity contribution in [2.45, 2.75) is 25.8 Å². The molecule has 2 rings (SSSR count). The lowest BCUT2D eigenvalue weighted by atomic mass is 10.1. The van der Waals surface area contributed by atoms with E-state index >= 15 is 0 Å². The number of nitrogens with one attached hydrogen (secondary N) is 1. The molecule has 0 radical (unpaired) electrons. The van der Waals surface area contributed by atoms with Gasteiger partial charge in [0.15, 0.2) is 0 Å². The molecule has 1 atom stereocenters. The Labute approximate surface area is 79.5 Å². The topological polar surface area (TPSA) is 12.0 Å². The highest BCUT2D eigenvalue weighted by atomic mass is 14.9. The second kappa shape index (κ2) is 3.65. The Hall–Kier alpha value is -1.24. The highest BCUT2D eigenvalue weighted by Gasteiger charge is 2.10. The fourth-order valence-corrected chi connectivity index (χ4v) is 1.30. The SMILES string of the molecule is C[C@H](NC=C1CC1)c1ccccc1. The second-order valence-electron chi connectivity index (χ2n) is 3.60. The van der Waals surface area contributed by atoms with E-state index in [0.717, 1.165) is 0 Å². The maximum absolute atomic E-state index is 3.40. The lowest BCUT2D eigenvalue weighted by molar-refractivity contribution is 0.685. The van der Waals surface area contributed by atoms with Crippen molar-refractivity contribution in [1.29, 1.82) is 0 Å². The average Bonchev–Trinajstić information content (AvgIpc) is 2.99. The Morgan fingerprint density at radius 1 is 1.23 bits per heavy atom. The van der Waals surface area contributed by atoms with E-state index in [4.69, 9.17) is 0 Å². The van der Waals surface area contributed by atoms with Crippen molar-refractivity contribution in [3.63, 3.8) is 0 Å². The molecule has 0 spiro atoms. The Balaban J connectivity index is 1.96. The number of hydrogen-bond donors (Lipinski definition) is 1. The molecule has 1 nitrogen and oxygen atoms in total. The van der Waals surface area contributed by atoms with E-state index in [2.05, 4.69) is 48.8 Å². The minimum absolute atomic E-state index is 0.425. The zero-order valence-electron chi connectivity index (χ0n) is 7.96. The Morgan fingerprint density at radius 2 is 1.92 bits per heavy atom. The molecule has 0 unspecified atom stereocenters. The molecule has 1 aromatic rings. The molecule has 0 amide bonds. The Bertz CT molecular complexity index is 294. The van der Waals surface area contributed by atoms with Crippen LogP contribution in [0.1, 0.15) is 31.4 Å². The molecule has 0 aromatic heterocycles. The fourth-order valence-electron chi connectivity index (χ4n) is 1.30. The van der Waals surface area contributed by atoms with Crippen molar-refractivity contribution < 1.29 is 0 Å². The van der Waals surface area contributed by atoms with Crippen LogP contribution in [-0.4, -0.2) is 0 Å². The smallest absolute Gasteiger partial charge is 0.0480 e. The van der Waals surface area contributed by atoms with Crippen molar-refractivity contribution in [3.05, 3.63) is 47.7 Å². The number of allylic oxidation sites excluding steroid dienone is 1. The molecule has 1 fully saturated rings. The van der Waals surface area contributed by atoms with Gasteiger partial charge in [0.25, 0.3) is 0 Å². The third-order valence-corrected chi connectivity index (χ3v) is 2.38. The third kappa shape index (κ3) is 2.35. The van der Waals surface area contributed by atoms with Gasteiger partial charge in [0.2, 0.25) is 0 Å². The van der Waals surface area contributed by atoms with Crippen molar-refractivity contribution >= 4 is 0 Å². The molecular weight excluding hydrogens is 158 g/mol. The van der Waals surface area contributed by atoms with Crippen molar-refractivity contribution in [1.82, 2.24) is 5.32 Å². The Morgan fingerprint density at radius 3 is 2.54 bits per heavy atom. The molecule has 1 aliphatic carbocycles. The first kappa shape index (κ1) is 8.36. The van der Waals surface area contributed by atoms with Gasteiger partial charge in [-0.15, -0.1) is 0 Å². The van der Waals surface area contributed by atoms with E-state index in [1.54, 1.807) is 5.57 Å². The monoisotopic (exact) mass is 173 g/mol. The van der Waals surface area contributed by atoms with Crippen LogP contribution in [0.25, 0.3) is 0 Å². The highest BCUT2D eigenvalue weighted by molar-refractivity contribution is 5.20. The predicted molar refractivity (Wildman–Crippen MR) is 55.3 cm³/mol. The van der Waals surface area contributed by atoms with Gasteiger partial charge in [-0.05, 0) is 31.5 Å². The van der Waals surface area contributed by atoms with E-state index < -0.39 is 0 Å². The molecule has 13 heavy (non-hydrogen) atoms. The predicted octanol–water partition coefficient (Wildman–Crippen LogP) is 3.01. The molecule has 0 heterocycles. The van der Waals surface area contributed by atoms with E-state index in [9.17, 15) is 0 Å². The molecule has 0 bridgehead atoms. The zero-order valence-corrected chi connectivity index (χ0v) is 7.96. The first-order valence-electron chi connectivity index (χ1n) is 4.85. The van der Waals surface area contributed by atoms with Gasteiger partial charge in [-0.2, -0.15) is 0 Å². The van der Waals surface area contributed by atoms with Crippen molar-refractivity contribution in [3.8, 4) is 0 Å². The molecule has 1 aromatic carbocycles. The van der Waals surface area contributed by atoms with E-state index in [1.807, 2.05) is 0 Å². The van der Waals surface area contributed by atoms with Gasteiger partial charge in [0, 0.05) is 6.04 Å². The van der Waals surface area contributed by atoms with Gasteiger partial charge < -0.3 is 5.32 Å². The van der Waals surface area contributed by atoms with E-state index in [0.29, 0.717) is 6.04 Å². The van der Waals surface area contributed by atoms with Crippen LogP contribution in [0.2, 0.25) is 0 Å². The normalized spacial score (nSPS) is 16.5. The first-order valence-corrected chi connectivity index (χ1v) is 4.85. The van der Waals surface area contributed by atoms with Gasteiger partial charge in [-0.25, -0.2) is 0 Å². The summed E-state index contributed by atoms with van der Waals surface area (Å²) in [5.41, 5.74) is 2.89. The lowest BCUT2D eigenvalue weighted by Crippen LogP contribution is -2.11. The summed E-state index contributed by atoms with van der Waals surface area (Å²) in [7, 11) is 0. The molecule has 0 saturated heterocycles. The van der Waals surface area contributed by atoms with E-state index in [1.165, 1.54) is 18.4 Å². The largest absolute Gasteiger partial charge is 0.384 e. The third-order valence-electron chi connectivity index (χ3n) is 2.38. The van der Waals surface area contributed by atoms with Crippen LogP contribution in [0.15, 0.2) is 42.1 Å². The van der Waals surface area contributed by atoms with Gasteiger partial charge in [-0.3, -0.25) is 0 Å². The van der Waals surface area contributed by atoms with Crippen LogP contribution < -0.4 is 5.32 Å². The molecule has 1 heteroatoms. The quantitative estimate of drug-likeness (QED) is 0.741. The second-order valence-corrected chi connectivity index (χ2v) is 3.60. The van der Waals surface area contributed by atoms with Crippen LogP contribution >= 0.6 is 0 Å². The lowest BCUT2D eigenvalue weighted by Gasteiger charge is -2.11. The Kier molecular flexibility index (Phi) is 2.35. The molecule has 1 aliphatic rings. The van der Waals surface area contributed by atoms with Crippen LogP contribution in [-0.2, 0) is 0 Å². The molecule has 68 valence electrons. The summed E-state index contributed by atoms with van der Waals surface area (Å²) in [6.45, 7) is 2.19.